The topological polar surface area (TPSA) is 311 Å². The molecule has 0 spiro atoms. The molecule has 0 amide bonds. The number of carbonyl (C=O) groups is 3. The van der Waals surface area contributed by atoms with E-state index in [2.05, 4.69) is 12.5 Å². The van der Waals surface area contributed by atoms with Gasteiger partial charge in [-0.1, -0.05) is 0 Å². The zero-order valence-corrected chi connectivity index (χ0v) is 14.4. The first kappa shape index (κ1) is 30.9. The van der Waals surface area contributed by atoms with E-state index in [9.17, 15) is 25.3 Å². The predicted molar refractivity (Wildman–Crippen MR) is 59.8 cm³/mol. The van der Waals surface area contributed by atoms with Gasteiger partial charge in [0.25, 0.3) is 18.5 Å². The molecular weight excluding hydrogens is 447 g/mol. The van der Waals surface area contributed by atoms with E-state index >= 15 is 0 Å². The van der Waals surface area contributed by atoms with Gasteiger partial charge in [-0.25, -0.2) is 0 Å². The molecule has 0 atom stereocenters. The average molecular weight is 450 g/mol. The Morgan fingerprint density at radius 2 is 0.680 bits per heavy atom. The summed E-state index contributed by atoms with van der Waals surface area (Å²) in [5.74, 6) is 0. The minimum atomic E-state index is -4.89. The van der Waals surface area contributed by atoms with Gasteiger partial charge >= 0.3 is 48.6 Å². The Morgan fingerprint density at radius 3 is 0.680 bits per heavy atom. The molecule has 22 heteroatoms. The molecule has 0 rings (SSSR count). The number of rotatable bonds is 3. The second-order valence-corrected chi connectivity index (χ2v) is 5.35. The molecule has 0 radical (unpaired) electrons. The summed E-state index contributed by atoms with van der Waals surface area (Å²) in [5.41, 5.74) is 0. The summed E-state index contributed by atoms with van der Waals surface area (Å²) in [7, 11) is -14.7. The van der Waals surface area contributed by atoms with Crippen LogP contribution in [0.1, 0.15) is 0 Å². The first-order chi connectivity index (χ1) is 10.2. The Kier molecular flexibility index (Phi) is 15.4. The van der Waals surface area contributed by atoms with Gasteiger partial charge in [-0.15, -0.1) is 0 Å². The molecule has 18 nitrogen and oxygen atoms in total. The van der Waals surface area contributed by atoms with Gasteiger partial charge in [0.2, 0.25) is 0 Å². The summed E-state index contributed by atoms with van der Waals surface area (Å²) in [6.07, 6.45) is -6.94. The fraction of sp³-hybridized carbons (Fsp3) is 0. The second-order valence-electron chi connectivity index (χ2n) is 2.28. The Labute approximate surface area is 148 Å². The van der Waals surface area contributed by atoms with Crippen molar-refractivity contribution in [2.75, 3.05) is 0 Å². The molecule has 3 N–H and O–H groups in total. The van der Waals surface area contributed by atoms with Crippen LogP contribution in [0.2, 0.25) is 0 Å². The Bertz CT molecular complexity index is 635. The summed E-state index contributed by atoms with van der Waals surface area (Å²) in [5, 5.41) is 27.4. The van der Waals surface area contributed by atoms with Crippen LogP contribution in [-0.4, -0.2) is 74.7 Å². The summed E-state index contributed by atoms with van der Waals surface area (Å²) >= 11 is 0. The minimum Gasteiger partial charge on any atom is -0.425 e. The third kappa shape index (κ3) is 52.0. The molecule has 0 aliphatic carbocycles. The molecule has 0 bridgehead atoms. The zero-order valence-electron chi connectivity index (χ0n) is 10.8. The molecule has 0 aromatic heterocycles. The van der Waals surface area contributed by atoms with Crippen molar-refractivity contribution >= 4 is 67.0 Å². The molecule has 0 saturated heterocycles. The summed E-state index contributed by atoms with van der Waals surface area (Å²) in [6, 6.07) is 0. The van der Waals surface area contributed by atoms with Crippen LogP contribution in [0.3, 0.4) is 0 Å². The number of hydrogen-bond donors (Lipinski definition) is 3. The molecule has 0 aliphatic rings. The Morgan fingerprint density at radius 1 is 0.560 bits per heavy atom. The summed E-state index contributed by atoms with van der Waals surface area (Å²) in [4.78, 5) is 27.4. The first-order valence-electron chi connectivity index (χ1n) is 3.88. The molecule has 0 aliphatic heterocycles. The quantitative estimate of drug-likeness (QED) is 0.266. The van der Waals surface area contributed by atoms with Crippen molar-refractivity contribution in [2.24, 2.45) is 0 Å². The summed E-state index contributed by atoms with van der Waals surface area (Å²) in [6.45, 7) is 0. The smallest absolute Gasteiger partial charge is 0.425 e. The van der Waals surface area contributed by atoms with Crippen molar-refractivity contribution in [3.05, 3.63) is 0 Å². The van der Waals surface area contributed by atoms with Crippen molar-refractivity contribution < 1.29 is 81.2 Å². The SMILES string of the molecule is O=C([O-])OS(=O)(=O)O.O=C([O-])OS(=O)(=O)O.O=C([O-])OS(=O)(=O)O.[Al+3]. The molecule has 25 heavy (non-hydrogen) atoms. The van der Waals surface area contributed by atoms with Crippen LogP contribution in [-0.2, 0) is 43.7 Å². The zero-order chi connectivity index (χ0) is 20.4. The van der Waals surface area contributed by atoms with Crippen LogP contribution >= 0.6 is 0 Å². The van der Waals surface area contributed by atoms with Gasteiger partial charge in [-0.3, -0.25) is 13.7 Å². The van der Waals surface area contributed by atoms with Crippen LogP contribution in [0, 0.1) is 0 Å². The van der Waals surface area contributed by atoms with Crippen molar-refractivity contribution in [1.29, 1.82) is 0 Å². The largest absolute Gasteiger partial charge is 3.00 e. The van der Waals surface area contributed by atoms with Crippen LogP contribution in [0.5, 0.6) is 0 Å². The minimum absolute atomic E-state index is 0. The molecule has 0 aromatic rings. The van der Waals surface area contributed by atoms with Crippen molar-refractivity contribution in [1.82, 2.24) is 0 Å². The van der Waals surface area contributed by atoms with E-state index in [1.165, 1.54) is 0 Å². The number of hydrogen-bond acceptors (Lipinski definition) is 15. The third-order valence-corrected chi connectivity index (χ3v) is 1.56. The van der Waals surface area contributed by atoms with E-state index in [4.69, 9.17) is 43.4 Å². The maximum Gasteiger partial charge on any atom is 3.00 e. The fourth-order valence-electron chi connectivity index (χ4n) is 0.258. The van der Waals surface area contributed by atoms with Crippen molar-refractivity contribution in [3.8, 4) is 0 Å². The Balaban J connectivity index is -0.000000130. The maximum absolute atomic E-state index is 9.35. The van der Waals surface area contributed by atoms with E-state index in [0.717, 1.165) is 0 Å². The van der Waals surface area contributed by atoms with Crippen molar-refractivity contribution in [2.45, 2.75) is 0 Å². The number of carboxylic acid groups (broad SMARTS) is 3. The van der Waals surface area contributed by atoms with E-state index in [-0.39, 0.29) is 17.4 Å². The maximum atomic E-state index is 9.35. The van der Waals surface area contributed by atoms with Gasteiger partial charge in [-0.05, 0) is 0 Å². The molecule has 0 unspecified atom stereocenters. The van der Waals surface area contributed by atoms with E-state index in [1.807, 2.05) is 0 Å². The first-order valence-corrected chi connectivity index (χ1v) is 7.98. The monoisotopic (exact) mass is 450 g/mol. The van der Waals surface area contributed by atoms with E-state index < -0.39 is 49.7 Å². The normalized spacial score (nSPS) is 10.2. The van der Waals surface area contributed by atoms with Gasteiger partial charge in [0.1, 0.15) is 0 Å². The Hall–Kier alpha value is -1.93. The van der Waals surface area contributed by atoms with Gasteiger partial charge in [0.15, 0.2) is 0 Å². The molecule has 0 fully saturated rings. The van der Waals surface area contributed by atoms with Gasteiger partial charge < -0.3 is 42.3 Å². The van der Waals surface area contributed by atoms with Gasteiger partial charge in [0, 0.05) is 0 Å². The standard InChI is InChI=1S/3CH2O6S.Al/c3*2-1(3)7-8(4,5)6;/h3*(H,2,3)(H,4,5,6);/q;;;+3/p-3. The molecular formula is C3H3AlO18S3. The van der Waals surface area contributed by atoms with Gasteiger partial charge in [0.05, 0.1) is 0 Å². The van der Waals surface area contributed by atoms with Crippen molar-refractivity contribution in [3.63, 3.8) is 0 Å². The van der Waals surface area contributed by atoms with Crippen LogP contribution in [0.15, 0.2) is 0 Å². The average Bonchev–Trinajstić information content (AvgIpc) is 2.04. The fourth-order valence-corrected chi connectivity index (χ4v) is 0.774. The number of carbonyl (C=O) groups excluding carboxylic acids is 3. The summed E-state index contributed by atoms with van der Waals surface area (Å²) < 4.78 is 87.0. The van der Waals surface area contributed by atoms with Crippen LogP contribution in [0.25, 0.3) is 0 Å². The van der Waals surface area contributed by atoms with Gasteiger partial charge in [-0.2, -0.15) is 25.3 Å². The van der Waals surface area contributed by atoms with Crippen LogP contribution in [0.4, 0.5) is 14.4 Å². The molecule has 144 valence electrons. The second kappa shape index (κ2) is 12.4. The predicted octanol–water partition coefficient (Wildman–Crippen LogP) is -5.93. The van der Waals surface area contributed by atoms with Crippen LogP contribution < -0.4 is 15.3 Å². The molecule has 0 heterocycles. The molecule has 0 saturated carbocycles. The van der Waals surface area contributed by atoms with E-state index in [1.54, 1.807) is 0 Å². The third-order valence-electron chi connectivity index (χ3n) is 0.520. The van der Waals surface area contributed by atoms with E-state index in [0.29, 0.717) is 0 Å². The molecule has 0 aromatic carbocycles.